The maximum Gasteiger partial charge on any atom is 0.254 e. The van der Waals surface area contributed by atoms with Crippen molar-refractivity contribution in [2.24, 2.45) is 0 Å². The smallest absolute Gasteiger partial charge is 0.254 e. The van der Waals surface area contributed by atoms with Gasteiger partial charge in [0.1, 0.15) is 0 Å². The SMILES string of the molecule is Cc1ccc(C2(O)CCN(C(=O)c3cc(C)nc4c(Cl)cccc34)CC2)cc1. The second-order valence-corrected chi connectivity index (χ2v) is 8.04. The minimum absolute atomic E-state index is 0.0382. The largest absolute Gasteiger partial charge is 0.385 e. The highest BCUT2D eigenvalue weighted by atomic mass is 35.5. The Bertz CT molecular complexity index is 1040. The molecule has 1 fully saturated rings. The lowest BCUT2D eigenvalue weighted by Crippen LogP contribution is -2.45. The number of amides is 1. The van der Waals surface area contributed by atoms with Gasteiger partial charge in [0, 0.05) is 24.2 Å². The predicted molar refractivity (Wildman–Crippen MR) is 112 cm³/mol. The molecule has 1 aliphatic rings. The van der Waals surface area contributed by atoms with Gasteiger partial charge in [-0.25, -0.2) is 0 Å². The summed E-state index contributed by atoms with van der Waals surface area (Å²) in [6.07, 6.45) is 1.04. The first-order chi connectivity index (χ1) is 13.4. The van der Waals surface area contributed by atoms with Crippen LogP contribution in [-0.2, 0) is 5.60 Å². The molecule has 2 aromatic carbocycles. The van der Waals surface area contributed by atoms with Crippen LogP contribution < -0.4 is 0 Å². The van der Waals surface area contributed by atoms with Crippen LogP contribution in [0.1, 0.15) is 40.0 Å². The van der Waals surface area contributed by atoms with Crippen LogP contribution in [0.3, 0.4) is 0 Å². The first-order valence-corrected chi connectivity index (χ1v) is 9.90. The quantitative estimate of drug-likeness (QED) is 0.689. The van der Waals surface area contributed by atoms with Crippen molar-refractivity contribution < 1.29 is 9.90 Å². The zero-order chi connectivity index (χ0) is 19.9. The van der Waals surface area contributed by atoms with E-state index in [1.54, 1.807) is 6.07 Å². The van der Waals surface area contributed by atoms with Gasteiger partial charge in [-0.2, -0.15) is 0 Å². The van der Waals surface area contributed by atoms with E-state index < -0.39 is 5.60 Å². The van der Waals surface area contributed by atoms with E-state index in [2.05, 4.69) is 4.98 Å². The number of pyridine rings is 1. The van der Waals surface area contributed by atoms with Gasteiger partial charge in [-0.05, 0) is 44.4 Å². The average Bonchev–Trinajstić information content (AvgIpc) is 2.69. The fraction of sp³-hybridized carbons (Fsp3) is 0.304. The summed E-state index contributed by atoms with van der Waals surface area (Å²) in [7, 11) is 0. The minimum atomic E-state index is -0.885. The number of halogens is 1. The molecule has 144 valence electrons. The summed E-state index contributed by atoms with van der Waals surface area (Å²) in [6.45, 7) is 4.91. The Morgan fingerprint density at radius 1 is 1.11 bits per heavy atom. The molecular formula is C23H23ClN2O2. The molecule has 1 saturated heterocycles. The average molecular weight is 395 g/mol. The Balaban J connectivity index is 1.59. The van der Waals surface area contributed by atoms with E-state index in [9.17, 15) is 9.90 Å². The lowest BCUT2D eigenvalue weighted by molar-refractivity contribution is -0.0211. The first-order valence-electron chi connectivity index (χ1n) is 9.52. The monoisotopic (exact) mass is 394 g/mol. The van der Waals surface area contributed by atoms with Gasteiger partial charge >= 0.3 is 0 Å². The van der Waals surface area contributed by atoms with Crippen molar-refractivity contribution >= 4 is 28.4 Å². The van der Waals surface area contributed by atoms with Crippen molar-refractivity contribution in [2.45, 2.75) is 32.3 Å². The third-order valence-corrected chi connectivity index (χ3v) is 5.92. The van der Waals surface area contributed by atoms with Crippen molar-refractivity contribution in [1.82, 2.24) is 9.88 Å². The molecule has 0 bridgehead atoms. The van der Waals surface area contributed by atoms with Gasteiger partial charge in [0.05, 0.1) is 21.7 Å². The number of benzene rings is 2. The molecule has 3 aromatic rings. The molecule has 0 spiro atoms. The normalized spacial score (nSPS) is 16.4. The molecule has 1 aliphatic heterocycles. The lowest BCUT2D eigenvalue weighted by Gasteiger charge is -2.38. The van der Waals surface area contributed by atoms with Gasteiger partial charge in [0.15, 0.2) is 0 Å². The molecule has 0 radical (unpaired) electrons. The van der Waals surface area contributed by atoms with E-state index in [-0.39, 0.29) is 5.91 Å². The Hall–Kier alpha value is -2.43. The number of hydrogen-bond acceptors (Lipinski definition) is 3. The van der Waals surface area contributed by atoms with Gasteiger partial charge in [0.2, 0.25) is 0 Å². The molecule has 2 heterocycles. The minimum Gasteiger partial charge on any atom is -0.385 e. The van der Waals surface area contributed by atoms with Crippen molar-refractivity contribution in [3.63, 3.8) is 0 Å². The molecular weight excluding hydrogens is 372 g/mol. The summed E-state index contributed by atoms with van der Waals surface area (Å²) in [4.78, 5) is 19.6. The molecule has 5 heteroatoms. The van der Waals surface area contributed by atoms with E-state index in [1.807, 2.05) is 61.2 Å². The topological polar surface area (TPSA) is 53.4 Å². The molecule has 28 heavy (non-hydrogen) atoms. The number of aliphatic hydroxyl groups is 1. The summed E-state index contributed by atoms with van der Waals surface area (Å²) < 4.78 is 0. The number of nitrogens with zero attached hydrogens (tertiary/aromatic N) is 2. The van der Waals surface area contributed by atoms with Crippen LogP contribution in [0.2, 0.25) is 5.02 Å². The maximum absolute atomic E-state index is 13.2. The number of para-hydroxylation sites is 1. The molecule has 1 amide bonds. The van der Waals surface area contributed by atoms with Crippen molar-refractivity contribution in [2.75, 3.05) is 13.1 Å². The fourth-order valence-electron chi connectivity index (χ4n) is 3.92. The highest BCUT2D eigenvalue weighted by Crippen LogP contribution is 2.34. The zero-order valence-electron chi connectivity index (χ0n) is 16.1. The highest BCUT2D eigenvalue weighted by molar-refractivity contribution is 6.35. The number of carbonyl (C=O) groups is 1. The first kappa shape index (κ1) is 18.9. The standard InChI is InChI=1S/C23H23ClN2O2/c1-15-6-8-17(9-7-15)23(28)10-12-26(13-11-23)22(27)19-14-16(2)25-21-18(19)4-3-5-20(21)24/h3-9,14,28H,10-13H2,1-2H3. The Morgan fingerprint density at radius 3 is 2.46 bits per heavy atom. The predicted octanol–water partition coefficient (Wildman–Crippen LogP) is 4.63. The highest BCUT2D eigenvalue weighted by Gasteiger charge is 2.36. The number of fused-ring (bicyclic) bond motifs is 1. The number of hydrogen-bond donors (Lipinski definition) is 1. The second-order valence-electron chi connectivity index (χ2n) is 7.64. The lowest BCUT2D eigenvalue weighted by atomic mass is 9.84. The van der Waals surface area contributed by atoms with E-state index in [0.717, 1.165) is 16.6 Å². The number of piperidine rings is 1. The number of likely N-dealkylation sites (tertiary alicyclic amines) is 1. The van der Waals surface area contributed by atoms with Crippen LogP contribution >= 0.6 is 11.6 Å². The van der Waals surface area contributed by atoms with Crippen LogP contribution in [0, 0.1) is 13.8 Å². The van der Waals surface area contributed by atoms with Crippen LogP contribution in [-0.4, -0.2) is 34.0 Å². The van der Waals surface area contributed by atoms with Gasteiger partial charge < -0.3 is 10.0 Å². The summed E-state index contributed by atoms with van der Waals surface area (Å²) in [5.74, 6) is -0.0382. The number of carbonyl (C=O) groups excluding carboxylic acids is 1. The third-order valence-electron chi connectivity index (χ3n) is 5.62. The number of aromatic nitrogens is 1. The maximum atomic E-state index is 13.2. The van der Waals surface area contributed by atoms with Crippen LogP contribution in [0.25, 0.3) is 10.9 Å². The van der Waals surface area contributed by atoms with Crippen molar-refractivity contribution in [1.29, 1.82) is 0 Å². The van der Waals surface area contributed by atoms with Gasteiger partial charge in [-0.15, -0.1) is 0 Å². The van der Waals surface area contributed by atoms with Crippen LogP contribution in [0.5, 0.6) is 0 Å². The second kappa shape index (κ2) is 7.19. The molecule has 4 rings (SSSR count). The number of aryl methyl sites for hydroxylation is 2. The molecule has 1 aromatic heterocycles. The Kier molecular flexibility index (Phi) is 4.86. The summed E-state index contributed by atoms with van der Waals surface area (Å²) in [5, 5.41) is 12.4. The molecule has 4 nitrogen and oxygen atoms in total. The molecule has 1 N–H and O–H groups in total. The molecule has 0 saturated carbocycles. The third kappa shape index (κ3) is 3.38. The van der Waals surface area contributed by atoms with Crippen molar-refractivity contribution in [3.8, 4) is 0 Å². The molecule has 0 unspecified atom stereocenters. The Labute approximate surface area is 169 Å². The zero-order valence-corrected chi connectivity index (χ0v) is 16.8. The van der Waals surface area contributed by atoms with E-state index in [4.69, 9.17) is 11.6 Å². The Morgan fingerprint density at radius 2 is 1.79 bits per heavy atom. The van der Waals surface area contributed by atoms with Gasteiger partial charge in [0.25, 0.3) is 5.91 Å². The van der Waals surface area contributed by atoms with E-state index >= 15 is 0 Å². The van der Waals surface area contributed by atoms with Gasteiger partial charge in [-0.1, -0.05) is 53.6 Å². The van der Waals surface area contributed by atoms with Crippen LogP contribution in [0.15, 0.2) is 48.5 Å². The van der Waals surface area contributed by atoms with Crippen molar-refractivity contribution in [3.05, 3.63) is 75.9 Å². The molecule has 0 aliphatic carbocycles. The van der Waals surface area contributed by atoms with Gasteiger partial charge in [-0.3, -0.25) is 9.78 Å². The van der Waals surface area contributed by atoms with E-state index in [1.165, 1.54) is 5.56 Å². The summed E-state index contributed by atoms with van der Waals surface area (Å²) >= 11 is 6.29. The molecule has 0 atom stereocenters. The van der Waals surface area contributed by atoms with Crippen LogP contribution in [0.4, 0.5) is 0 Å². The number of rotatable bonds is 2. The van der Waals surface area contributed by atoms with E-state index in [0.29, 0.717) is 42.0 Å². The fourth-order valence-corrected chi connectivity index (χ4v) is 4.14. The summed E-state index contributed by atoms with van der Waals surface area (Å²) in [6, 6.07) is 15.3. The summed E-state index contributed by atoms with van der Waals surface area (Å²) in [5.41, 5.74) is 3.23.